The predicted octanol–water partition coefficient (Wildman–Crippen LogP) is 3.06. The van der Waals surface area contributed by atoms with Crippen LogP contribution in [0.25, 0.3) is 10.8 Å². The Balaban J connectivity index is 2.43. The number of fused-ring (bicyclic) bond motifs is 1. The summed E-state index contributed by atoms with van der Waals surface area (Å²) in [7, 11) is 0. The maximum absolute atomic E-state index is 4.33. The monoisotopic (exact) mass is 186 g/mol. The molecule has 2 nitrogen and oxygen atoms in total. The third kappa shape index (κ3) is 1.69. The molecule has 0 fully saturated rings. The van der Waals surface area contributed by atoms with Crippen LogP contribution in [0.15, 0.2) is 36.5 Å². The first-order valence-electron chi connectivity index (χ1n) is 4.99. The minimum absolute atomic E-state index is 0.973. The maximum atomic E-state index is 4.33. The fourth-order valence-electron chi connectivity index (χ4n) is 1.50. The van der Waals surface area contributed by atoms with E-state index in [1.807, 2.05) is 24.4 Å². The van der Waals surface area contributed by atoms with Crippen molar-refractivity contribution >= 4 is 16.6 Å². The molecular weight excluding hydrogens is 172 g/mol. The molecule has 72 valence electrons. The fraction of sp³-hybridized carbons (Fsp3) is 0.250. The van der Waals surface area contributed by atoms with Gasteiger partial charge in [-0.05, 0) is 17.9 Å². The lowest BCUT2D eigenvalue weighted by Gasteiger charge is -2.06. The van der Waals surface area contributed by atoms with Gasteiger partial charge in [0.15, 0.2) is 0 Å². The molecule has 1 aromatic heterocycles. The largest absolute Gasteiger partial charge is 0.370 e. The summed E-state index contributed by atoms with van der Waals surface area (Å²) in [4.78, 5) is 4.33. The molecule has 1 heterocycles. The van der Waals surface area contributed by atoms with Gasteiger partial charge in [-0.25, -0.2) is 4.98 Å². The quantitative estimate of drug-likeness (QED) is 0.796. The minimum Gasteiger partial charge on any atom is -0.370 e. The van der Waals surface area contributed by atoms with Crippen molar-refractivity contribution in [2.45, 2.75) is 13.3 Å². The van der Waals surface area contributed by atoms with E-state index in [1.54, 1.807) is 0 Å². The Kier molecular flexibility index (Phi) is 2.63. The Hall–Kier alpha value is -1.57. The van der Waals surface area contributed by atoms with E-state index in [4.69, 9.17) is 0 Å². The molecule has 1 N–H and O–H groups in total. The molecule has 0 aliphatic rings. The normalized spacial score (nSPS) is 10.4. The first-order chi connectivity index (χ1) is 6.92. The Morgan fingerprint density at radius 3 is 2.93 bits per heavy atom. The van der Waals surface area contributed by atoms with Gasteiger partial charge in [0.1, 0.15) is 5.82 Å². The number of anilines is 1. The highest BCUT2D eigenvalue weighted by atomic mass is 15.0. The van der Waals surface area contributed by atoms with E-state index in [2.05, 4.69) is 29.4 Å². The number of hydrogen-bond donors (Lipinski definition) is 1. The van der Waals surface area contributed by atoms with Gasteiger partial charge in [-0.3, -0.25) is 0 Å². The average Bonchev–Trinajstić information content (AvgIpc) is 2.26. The van der Waals surface area contributed by atoms with Crippen LogP contribution >= 0.6 is 0 Å². The van der Waals surface area contributed by atoms with Crippen LogP contribution in [0.3, 0.4) is 0 Å². The van der Waals surface area contributed by atoms with Crippen LogP contribution in [0.1, 0.15) is 13.3 Å². The molecule has 0 spiro atoms. The molecule has 1 aromatic carbocycles. The van der Waals surface area contributed by atoms with Crippen LogP contribution < -0.4 is 5.32 Å². The van der Waals surface area contributed by atoms with Gasteiger partial charge in [-0.1, -0.05) is 31.2 Å². The number of nitrogens with one attached hydrogen (secondary N) is 1. The average molecular weight is 186 g/mol. The van der Waals surface area contributed by atoms with E-state index in [0.29, 0.717) is 0 Å². The SMILES string of the molecule is CCCNc1nccc2ccccc12. The van der Waals surface area contributed by atoms with Gasteiger partial charge in [-0.2, -0.15) is 0 Å². The highest BCUT2D eigenvalue weighted by molar-refractivity contribution is 5.91. The third-order valence-electron chi connectivity index (χ3n) is 2.22. The Labute approximate surface area is 84.0 Å². The second-order valence-corrected chi connectivity index (χ2v) is 3.31. The highest BCUT2D eigenvalue weighted by Crippen LogP contribution is 2.19. The molecule has 2 heteroatoms. The van der Waals surface area contributed by atoms with Crippen LogP contribution in [0.5, 0.6) is 0 Å². The summed E-state index contributed by atoms with van der Waals surface area (Å²) < 4.78 is 0. The Morgan fingerprint density at radius 1 is 1.21 bits per heavy atom. The van der Waals surface area contributed by atoms with Crippen LogP contribution in [0.4, 0.5) is 5.82 Å². The molecule has 14 heavy (non-hydrogen) atoms. The number of hydrogen-bond acceptors (Lipinski definition) is 2. The van der Waals surface area contributed by atoms with Crippen molar-refractivity contribution in [3.05, 3.63) is 36.5 Å². The van der Waals surface area contributed by atoms with E-state index in [0.717, 1.165) is 18.8 Å². The van der Waals surface area contributed by atoms with Gasteiger partial charge in [0.2, 0.25) is 0 Å². The Morgan fingerprint density at radius 2 is 2.07 bits per heavy atom. The van der Waals surface area contributed by atoms with Crippen LogP contribution in [-0.2, 0) is 0 Å². The summed E-state index contributed by atoms with van der Waals surface area (Å²) in [5.41, 5.74) is 0. The van der Waals surface area contributed by atoms with Gasteiger partial charge < -0.3 is 5.32 Å². The van der Waals surface area contributed by atoms with Crippen molar-refractivity contribution in [1.82, 2.24) is 4.98 Å². The molecule has 0 amide bonds. The topological polar surface area (TPSA) is 24.9 Å². The number of pyridine rings is 1. The van der Waals surface area contributed by atoms with Gasteiger partial charge >= 0.3 is 0 Å². The molecule has 0 unspecified atom stereocenters. The smallest absolute Gasteiger partial charge is 0.133 e. The highest BCUT2D eigenvalue weighted by Gasteiger charge is 1.98. The lowest BCUT2D eigenvalue weighted by Crippen LogP contribution is -2.01. The zero-order chi connectivity index (χ0) is 9.80. The molecular formula is C12H14N2. The van der Waals surface area contributed by atoms with Crippen LogP contribution in [0.2, 0.25) is 0 Å². The van der Waals surface area contributed by atoms with Gasteiger partial charge in [0, 0.05) is 18.1 Å². The fourth-order valence-corrected chi connectivity index (χ4v) is 1.50. The van der Waals surface area contributed by atoms with Crippen molar-refractivity contribution < 1.29 is 0 Å². The summed E-state index contributed by atoms with van der Waals surface area (Å²) in [5, 5.41) is 5.76. The molecule has 0 saturated carbocycles. The number of nitrogens with zero attached hydrogens (tertiary/aromatic N) is 1. The van der Waals surface area contributed by atoms with Gasteiger partial charge in [-0.15, -0.1) is 0 Å². The summed E-state index contributed by atoms with van der Waals surface area (Å²) in [6.45, 7) is 3.12. The van der Waals surface area contributed by atoms with Crippen molar-refractivity contribution in [3.8, 4) is 0 Å². The van der Waals surface area contributed by atoms with Crippen LogP contribution in [0, 0.1) is 0 Å². The van der Waals surface area contributed by atoms with E-state index in [1.165, 1.54) is 10.8 Å². The number of aromatic nitrogens is 1. The van der Waals surface area contributed by atoms with Crippen molar-refractivity contribution in [3.63, 3.8) is 0 Å². The molecule has 0 aliphatic carbocycles. The molecule has 0 aliphatic heterocycles. The standard InChI is InChI=1S/C12H14N2/c1-2-8-13-12-11-6-4-3-5-10(11)7-9-14-12/h3-7,9H,2,8H2,1H3,(H,13,14). The van der Waals surface area contributed by atoms with E-state index >= 15 is 0 Å². The Bertz CT molecular complexity index is 418. The predicted molar refractivity (Wildman–Crippen MR) is 60.5 cm³/mol. The second kappa shape index (κ2) is 4.09. The molecule has 0 radical (unpaired) electrons. The van der Waals surface area contributed by atoms with E-state index in [-0.39, 0.29) is 0 Å². The number of benzene rings is 1. The molecule has 0 atom stereocenters. The van der Waals surface area contributed by atoms with Crippen LogP contribution in [-0.4, -0.2) is 11.5 Å². The van der Waals surface area contributed by atoms with Gasteiger partial charge in [0.05, 0.1) is 0 Å². The van der Waals surface area contributed by atoms with Gasteiger partial charge in [0.25, 0.3) is 0 Å². The molecule has 0 bridgehead atoms. The lowest BCUT2D eigenvalue weighted by atomic mass is 10.1. The summed E-state index contributed by atoms with van der Waals surface area (Å²) in [6.07, 6.45) is 2.96. The van der Waals surface area contributed by atoms with Crippen molar-refractivity contribution in [1.29, 1.82) is 0 Å². The van der Waals surface area contributed by atoms with E-state index in [9.17, 15) is 0 Å². The van der Waals surface area contributed by atoms with Crippen molar-refractivity contribution in [2.24, 2.45) is 0 Å². The summed E-state index contributed by atoms with van der Waals surface area (Å²) >= 11 is 0. The molecule has 0 saturated heterocycles. The molecule has 2 rings (SSSR count). The lowest BCUT2D eigenvalue weighted by molar-refractivity contribution is 0.972. The molecule has 2 aromatic rings. The first-order valence-corrected chi connectivity index (χ1v) is 4.99. The zero-order valence-electron chi connectivity index (χ0n) is 8.33. The third-order valence-corrected chi connectivity index (χ3v) is 2.22. The summed E-state index contributed by atoms with van der Waals surface area (Å²) in [6, 6.07) is 10.3. The zero-order valence-corrected chi connectivity index (χ0v) is 8.33. The summed E-state index contributed by atoms with van der Waals surface area (Å²) in [5.74, 6) is 0.991. The first kappa shape index (κ1) is 9.00. The number of rotatable bonds is 3. The van der Waals surface area contributed by atoms with Crippen molar-refractivity contribution in [2.75, 3.05) is 11.9 Å². The maximum Gasteiger partial charge on any atom is 0.133 e. The minimum atomic E-state index is 0.973. The van der Waals surface area contributed by atoms with E-state index < -0.39 is 0 Å². The second-order valence-electron chi connectivity index (χ2n) is 3.31.